The van der Waals surface area contributed by atoms with Gasteiger partial charge < -0.3 is 9.47 Å². The molecular weight excluding hydrogens is 316 g/mol. The quantitative estimate of drug-likeness (QED) is 0.783. The number of ketones is 1. The summed E-state index contributed by atoms with van der Waals surface area (Å²) in [6, 6.07) is 8.03. The van der Waals surface area contributed by atoms with E-state index in [0.717, 1.165) is 23.4 Å². The minimum atomic E-state index is -0.440. The smallest absolute Gasteiger partial charge is 0.231 e. The predicted octanol–water partition coefficient (Wildman–Crippen LogP) is 3.76. The first kappa shape index (κ1) is 15.9. The Morgan fingerprint density at radius 2 is 2.00 bits per heavy atom. The number of Topliss-reactive ketones (excluding diaryl/α,β-unsaturated/α-hetero) is 1. The van der Waals surface area contributed by atoms with E-state index in [0.29, 0.717) is 23.5 Å². The molecule has 25 heavy (non-hydrogen) atoms. The highest BCUT2D eigenvalue weighted by molar-refractivity contribution is 6.03. The van der Waals surface area contributed by atoms with Crippen molar-refractivity contribution in [2.45, 2.75) is 39.5 Å². The van der Waals surface area contributed by atoms with Crippen molar-refractivity contribution in [1.29, 1.82) is 5.26 Å². The molecule has 2 unspecified atom stereocenters. The van der Waals surface area contributed by atoms with Gasteiger partial charge in [0.25, 0.3) is 0 Å². The van der Waals surface area contributed by atoms with Crippen LogP contribution in [0.3, 0.4) is 0 Å². The Labute approximate surface area is 147 Å². The number of ether oxygens (including phenoxy) is 2. The fourth-order valence-electron chi connectivity index (χ4n) is 4.08. The van der Waals surface area contributed by atoms with Crippen molar-refractivity contribution in [2.24, 2.45) is 16.3 Å². The Morgan fingerprint density at radius 3 is 2.76 bits per heavy atom. The summed E-state index contributed by atoms with van der Waals surface area (Å²) >= 11 is 0. The molecule has 3 aliphatic rings. The molecule has 0 fully saturated rings. The van der Waals surface area contributed by atoms with Crippen LogP contribution in [0.25, 0.3) is 0 Å². The number of fused-ring (bicyclic) bond motifs is 1. The van der Waals surface area contributed by atoms with Crippen molar-refractivity contribution >= 4 is 11.5 Å². The summed E-state index contributed by atoms with van der Waals surface area (Å²) in [5.41, 5.74) is 3.13. The SMILES string of the molecule is CC1=NC2=C(C(=O)CC(C)(C)C2)C(c2ccc3c(c2)OCO3)C1C#N. The van der Waals surface area contributed by atoms with Crippen LogP contribution in [0, 0.1) is 22.7 Å². The highest BCUT2D eigenvalue weighted by Crippen LogP contribution is 2.48. The van der Waals surface area contributed by atoms with Crippen molar-refractivity contribution < 1.29 is 14.3 Å². The fraction of sp³-hybridized carbons (Fsp3) is 0.450. The van der Waals surface area contributed by atoms with E-state index in [1.165, 1.54) is 0 Å². The zero-order valence-electron chi connectivity index (χ0n) is 14.6. The molecule has 0 aromatic heterocycles. The van der Waals surface area contributed by atoms with E-state index in [9.17, 15) is 10.1 Å². The van der Waals surface area contributed by atoms with E-state index in [2.05, 4.69) is 24.9 Å². The van der Waals surface area contributed by atoms with Crippen LogP contribution in [0.2, 0.25) is 0 Å². The topological polar surface area (TPSA) is 71.7 Å². The molecular formula is C20H20N2O3. The normalized spacial score (nSPS) is 26.8. The largest absolute Gasteiger partial charge is 0.454 e. The molecule has 2 atom stereocenters. The number of hydrogen-bond acceptors (Lipinski definition) is 5. The number of carbonyl (C=O) groups is 1. The van der Waals surface area contributed by atoms with Gasteiger partial charge in [0, 0.05) is 29.3 Å². The second kappa shape index (κ2) is 5.45. The highest BCUT2D eigenvalue weighted by Gasteiger charge is 2.43. The standard InChI is InChI=1S/C20H20N2O3/c1-11-13(9-21)18(12-4-5-16-17(6-12)25-10-24-16)19-14(22-11)7-20(2,3)8-15(19)23/h4-6,13,18H,7-8,10H2,1-3H3. The van der Waals surface area contributed by atoms with Crippen molar-refractivity contribution in [3.63, 3.8) is 0 Å². The number of hydrogen-bond donors (Lipinski definition) is 0. The Balaban J connectivity index is 1.87. The Kier molecular flexibility index (Phi) is 3.47. The second-order valence-corrected chi connectivity index (χ2v) is 7.75. The van der Waals surface area contributed by atoms with Gasteiger partial charge in [-0.2, -0.15) is 5.26 Å². The van der Waals surface area contributed by atoms with Crippen molar-refractivity contribution in [1.82, 2.24) is 0 Å². The molecule has 2 aliphatic heterocycles. The van der Waals surface area contributed by atoms with E-state index in [4.69, 9.17) is 9.47 Å². The Hall–Kier alpha value is -2.61. The minimum absolute atomic E-state index is 0.0986. The van der Waals surface area contributed by atoms with Gasteiger partial charge in [0.2, 0.25) is 6.79 Å². The van der Waals surface area contributed by atoms with E-state index in [1.807, 2.05) is 25.1 Å². The summed E-state index contributed by atoms with van der Waals surface area (Å²) in [6.45, 7) is 6.26. The van der Waals surface area contributed by atoms with Crippen LogP contribution in [0.4, 0.5) is 0 Å². The Morgan fingerprint density at radius 1 is 1.24 bits per heavy atom. The van der Waals surface area contributed by atoms with Gasteiger partial charge in [-0.25, -0.2) is 0 Å². The lowest BCUT2D eigenvalue weighted by atomic mass is 9.67. The van der Waals surface area contributed by atoms with Crippen LogP contribution in [-0.2, 0) is 4.79 Å². The molecule has 0 radical (unpaired) electrons. The summed E-state index contributed by atoms with van der Waals surface area (Å²) in [7, 11) is 0. The number of rotatable bonds is 1. The van der Waals surface area contributed by atoms with Crippen LogP contribution < -0.4 is 9.47 Å². The van der Waals surface area contributed by atoms with Crippen LogP contribution in [0.5, 0.6) is 11.5 Å². The van der Waals surface area contributed by atoms with Crippen molar-refractivity contribution in [3.8, 4) is 17.6 Å². The number of aliphatic imine (C=N–C) groups is 1. The van der Waals surface area contributed by atoms with E-state index in [1.54, 1.807) is 0 Å². The molecule has 1 aliphatic carbocycles. The summed E-state index contributed by atoms with van der Waals surface area (Å²) in [6.07, 6.45) is 1.24. The minimum Gasteiger partial charge on any atom is -0.454 e. The predicted molar refractivity (Wildman–Crippen MR) is 92.6 cm³/mol. The number of allylic oxidation sites excluding steroid dienone is 2. The fourth-order valence-corrected chi connectivity index (χ4v) is 4.08. The lowest BCUT2D eigenvalue weighted by Crippen LogP contribution is -2.35. The first-order chi connectivity index (χ1) is 11.9. The number of carbonyl (C=O) groups excluding carboxylic acids is 1. The molecule has 5 heteroatoms. The average molecular weight is 336 g/mol. The third-order valence-electron chi connectivity index (χ3n) is 5.20. The maximum atomic E-state index is 12.9. The van der Waals surface area contributed by atoms with Crippen LogP contribution in [0.15, 0.2) is 34.5 Å². The number of nitriles is 1. The summed E-state index contributed by atoms with van der Waals surface area (Å²) in [5.74, 6) is 0.731. The zero-order valence-corrected chi connectivity index (χ0v) is 14.6. The van der Waals surface area contributed by atoms with Gasteiger partial charge in [-0.3, -0.25) is 9.79 Å². The molecule has 0 spiro atoms. The maximum absolute atomic E-state index is 12.9. The van der Waals surface area contributed by atoms with Gasteiger partial charge in [0.15, 0.2) is 17.3 Å². The highest BCUT2D eigenvalue weighted by atomic mass is 16.7. The third kappa shape index (κ3) is 2.53. The summed E-state index contributed by atoms with van der Waals surface area (Å²) < 4.78 is 10.9. The number of benzene rings is 1. The third-order valence-corrected chi connectivity index (χ3v) is 5.20. The molecule has 0 saturated carbocycles. The first-order valence-electron chi connectivity index (χ1n) is 8.50. The van der Waals surface area contributed by atoms with Gasteiger partial charge in [0.1, 0.15) is 0 Å². The van der Waals surface area contributed by atoms with Crippen molar-refractivity contribution in [3.05, 3.63) is 35.0 Å². The summed E-state index contributed by atoms with van der Waals surface area (Å²) in [4.78, 5) is 17.6. The molecule has 4 rings (SSSR count). The van der Waals surface area contributed by atoms with Gasteiger partial charge in [-0.05, 0) is 36.5 Å². The average Bonchev–Trinajstić information content (AvgIpc) is 2.99. The van der Waals surface area contributed by atoms with Crippen LogP contribution >= 0.6 is 0 Å². The molecule has 5 nitrogen and oxygen atoms in total. The summed E-state index contributed by atoms with van der Waals surface area (Å²) in [5, 5.41) is 9.75. The monoisotopic (exact) mass is 336 g/mol. The molecule has 0 bridgehead atoms. The number of nitrogens with zero attached hydrogens (tertiary/aromatic N) is 2. The van der Waals surface area contributed by atoms with Crippen LogP contribution in [0.1, 0.15) is 45.1 Å². The molecule has 0 amide bonds. The molecule has 0 saturated heterocycles. The van der Waals surface area contributed by atoms with Gasteiger partial charge >= 0.3 is 0 Å². The molecule has 1 aromatic rings. The molecule has 0 N–H and O–H groups in total. The van der Waals surface area contributed by atoms with Gasteiger partial charge in [-0.1, -0.05) is 19.9 Å². The van der Waals surface area contributed by atoms with Crippen LogP contribution in [-0.4, -0.2) is 18.3 Å². The maximum Gasteiger partial charge on any atom is 0.231 e. The lowest BCUT2D eigenvalue weighted by molar-refractivity contribution is -0.118. The zero-order chi connectivity index (χ0) is 17.8. The van der Waals surface area contributed by atoms with E-state index < -0.39 is 5.92 Å². The molecule has 128 valence electrons. The molecule has 1 aromatic carbocycles. The Bertz CT molecular complexity index is 873. The lowest BCUT2D eigenvalue weighted by Gasteiger charge is -2.37. The first-order valence-corrected chi connectivity index (χ1v) is 8.50. The van der Waals surface area contributed by atoms with Gasteiger partial charge in [-0.15, -0.1) is 0 Å². The van der Waals surface area contributed by atoms with E-state index >= 15 is 0 Å². The second-order valence-electron chi connectivity index (χ2n) is 7.75. The van der Waals surface area contributed by atoms with E-state index in [-0.39, 0.29) is 23.9 Å². The van der Waals surface area contributed by atoms with Gasteiger partial charge in [0.05, 0.1) is 12.0 Å². The van der Waals surface area contributed by atoms with Crippen molar-refractivity contribution in [2.75, 3.05) is 6.79 Å². The molecule has 2 heterocycles.